The van der Waals surface area contributed by atoms with E-state index in [-0.39, 0.29) is 5.78 Å². The van der Waals surface area contributed by atoms with Crippen molar-refractivity contribution in [1.82, 2.24) is 0 Å². The van der Waals surface area contributed by atoms with Gasteiger partial charge in [-0.1, -0.05) is 48.5 Å². The second kappa shape index (κ2) is 12.7. The lowest BCUT2D eigenvalue weighted by molar-refractivity contribution is 0.0992. The first-order valence-electron chi connectivity index (χ1n) is 14.7. The van der Waals surface area contributed by atoms with Crippen molar-refractivity contribution in [3.05, 3.63) is 107 Å². The van der Waals surface area contributed by atoms with Crippen LogP contribution in [0.5, 0.6) is 0 Å². The van der Waals surface area contributed by atoms with E-state index >= 15 is 0 Å². The molecule has 2 fully saturated rings. The number of hydrogen-bond acceptors (Lipinski definition) is 7. The van der Waals surface area contributed by atoms with Gasteiger partial charge in [0.15, 0.2) is 5.78 Å². The van der Waals surface area contributed by atoms with E-state index in [1.54, 1.807) is 36.4 Å². The average molecular weight is 591 g/mol. The van der Waals surface area contributed by atoms with Crippen molar-refractivity contribution < 1.29 is 23.9 Å². The fourth-order valence-corrected chi connectivity index (χ4v) is 5.78. The van der Waals surface area contributed by atoms with Crippen molar-refractivity contribution in [2.24, 2.45) is 11.5 Å². The highest BCUT2D eigenvalue weighted by Gasteiger charge is 2.19. The van der Waals surface area contributed by atoms with Crippen molar-refractivity contribution in [3.8, 4) is 22.3 Å². The van der Waals surface area contributed by atoms with Gasteiger partial charge >= 0.3 is 0 Å². The summed E-state index contributed by atoms with van der Waals surface area (Å²) < 4.78 is 10.9. The van der Waals surface area contributed by atoms with Crippen molar-refractivity contribution in [2.45, 2.75) is 0 Å². The first-order valence-corrected chi connectivity index (χ1v) is 14.7. The molecule has 0 aromatic heterocycles. The third-order valence-corrected chi connectivity index (χ3v) is 8.21. The summed E-state index contributed by atoms with van der Waals surface area (Å²) in [4.78, 5) is 42.3. The van der Waals surface area contributed by atoms with Crippen LogP contribution in [0.4, 0.5) is 11.4 Å². The lowest BCUT2D eigenvalue weighted by atomic mass is 9.94. The summed E-state index contributed by atoms with van der Waals surface area (Å²) >= 11 is 0. The Hall–Kier alpha value is -4.99. The molecule has 0 unspecified atom stereocenters. The number of amides is 2. The lowest BCUT2D eigenvalue weighted by Gasteiger charge is -2.29. The van der Waals surface area contributed by atoms with Gasteiger partial charge in [0.2, 0.25) is 11.8 Å². The number of ketones is 1. The molecule has 2 amide bonds. The lowest BCUT2D eigenvalue weighted by Crippen LogP contribution is -2.36. The highest BCUT2D eigenvalue weighted by atomic mass is 16.5. The predicted molar refractivity (Wildman–Crippen MR) is 170 cm³/mol. The molecule has 4 N–H and O–H groups in total. The maximum Gasteiger partial charge on any atom is 0.249 e. The number of ether oxygens (including phenoxy) is 2. The molecular weight excluding hydrogens is 556 g/mol. The van der Waals surface area contributed by atoms with Crippen LogP contribution in [0, 0.1) is 0 Å². The Kier molecular flexibility index (Phi) is 8.40. The smallest absolute Gasteiger partial charge is 0.249 e. The molecular formula is C35H34N4O5. The summed E-state index contributed by atoms with van der Waals surface area (Å²) in [6.07, 6.45) is 0. The Morgan fingerprint density at radius 3 is 1.23 bits per heavy atom. The topological polar surface area (TPSA) is 128 Å². The van der Waals surface area contributed by atoms with Gasteiger partial charge in [0, 0.05) is 59.8 Å². The monoisotopic (exact) mass is 590 g/mol. The molecule has 0 atom stereocenters. The van der Waals surface area contributed by atoms with E-state index in [1.165, 1.54) is 0 Å². The van der Waals surface area contributed by atoms with Crippen LogP contribution in [0.3, 0.4) is 0 Å². The van der Waals surface area contributed by atoms with Crippen molar-refractivity contribution in [3.63, 3.8) is 0 Å². The minimum absolute atomic E-state index is 0.141. The van der Waals surface area contributed by atoms with Crippen LogP contribution in [-0.2, 0) is 9.47 Å². The molecule has 4 aromatic rings. The van der Waals surface area contributed by atoms with Gasteiger partial charge in [-0.05, 0) is 58.7 Å². The van der Waals surface area contributed by atoms with E-state index in [9.17, 15) is 14.4 Å². The molecule has 224 valence electrons. The molecule has 44 heavy (non-hydrogen) atoms. The maximum absolute atomic E-state index is 13.4. The second-order valence-electron chi connectivity index (χ2n) is 10.9. The fraction of sp³-hybridized carbons (Fsp3) is 0.229. The molecule has 2 heterocycles. The van der Waals surface area contributed by atoms with Crippen LogP contribution in [0.15, 0.2) is 84.9 Å². The van der Waals surface area contributed by atoms with E-state index in [0.717, 1.165) is 59.8 Å². The number of benzene rings is 4. The minimum Gasteiger partial charge on any atom is -0.378 e. The molecule has 4 aromatic carbocycles. The Morgan fingerprint density at radius 2 is 0.886 bits per heavy atom. The van der Waals surface area contributed by atoms with Gasteiger partial charge in [-0.3, -0.25) is 14.4 Å². The van der Waals surface area contributed by atoms with E-state index < -0.39 is 11.8 Å². The van der Waals surface area contributed by atoms with Crippen LogP contribution in [0.25, 0.3) is 22.3 Å². The normalized spacial score (nSPS) is 15.2. The van der Waals surface area contributed by atoms with Crippen LogP contribution < -0.4 is 21.3 Å². The molecule has 2 saturated heterocycles. The third-order valence-electron chi connectivity index (χ3n) is 8.21. The Bertz CT molecular complexity index is 1560. The molecule has 6 rings (SSSR count). The number of rotatable bonds is 8. The number of hydrogen-bond donors (Lipinski definition) is 2. The quantitative estimate of drug-likeness (QED) is 0.296. The van der Waals surface area contributed by atoms with Gasteiger partial charge in [-0.25, -0.2) is 0 Å². The molecule has 9 heteroatoms. The highest BCUT2D eigenvalue weighted by Crippen LogP contribution is 2.32. The molecule has 2 aliphatic heterocycles. The van der Waals surface area contributed by atoms with Gasteiger partial charge in [-0.2, -0.15) is 0 Å². The zero-order chi connectivity index (χ0) is 30.6. The number of anilines is 2. The number of nitrogens with two attached hydrogens (primary N) is 2. The molecule has 9 nitrogen and oxygen atoms in total. The summed E-state index contributed by atoms with van der Waals surface area (Å²) in [6, 6.07) is 25.6. The maximum atomic E-state index is 13.4. The van der Waals surface area contributed by atoms with Gasteiger partial charge < -0.3 is 30.7 Å². The first kappa shape index (κ1) is 29.1. The van der Waals surface area contributed by atoms with Gasteiger partial charge in [0.25, 0.3) is 0 Å². The summed E-state index contributed by atoms with van der Waals surface area (Å²) in [6.45, 7) is 5.68. The van der Waals surface area contributed by atoms with Crippen LogP contribution in [0.2, 0.25) is 0 Å². The van der Waals surface area contributed by atoms with Crippen LogP contribution >= 0.6 is 0 Å². The van der Waals surface area contributed by atoms with Crippen molar-refractivity contribution in [2.75, 3.05) is 62.4 Å². The number of carbonyl (C=O) groups excluding carboxylic acids is 3. The fourth-order valence-electron chi connectivity index (χ4n) is 5.78. The number of carbonyl (C=O) groups is 3. The SMILES string of the molecule is NC(=O)c1ccc(N2CCOCC2)cc1-c1ccc(C(=O)c2ccc(-c3cc(N4CCOCC4)ccc3C(N)=O)cc2)cc1. The zero-order valence-corrected chi connectivity index (χ0v) is 24.3. The zero-order valence-electron chi connectivity index (χ0n) is 24.3. The molecule has 0 spiro atoms. The van der Waals surface area contributed by atoms with Crippen molar-refractivity contribution >= 4 is 29.0 Å². The van der Waals surface area contributed by atoms with Crippen LogP contribution in [-0.4, -0.2) is 70.2 Å². The molecule has 0 saturated carbocycles. The number of morpholine rings is 2. The van der Waals surface area contributed by atoms with E-state index in [1.807, 2.05) is 48.5 Å². The van der Waals surface area contributed by atoms with Gasteiger partial charge in [0.1, 0.15) is 0 Å². The summed E-state index contributed by atoms with van der Waals surface area (Å²) in [5.74, 6) is -1.16. The Balaban J connectivity index is 1.24. The number of primary amides is 2. The highest BCUT2D eigenvalue weighted by molar-refractivity contribution is 6.10. The molecule has 0 radical (unpaired) electrons. The van der Waals surface area contributed by atoms with E-state index in [4.69, 9.17) is 20.9 Å². The Morgan fingerprint density at radius 1 is 0.523 bits per heavy atom. The van der Waals surface area contributed by atoms with Crippen LogP contribution in [0.1, 0.15) is 36.6 Å². The summed E-state index contributed by atoms with van der Waals surface area (Å²) in [5, 5.41) is 0. The summed E-state index contributed by atoms with van der Waals surface area (Å²) in [7, 11) is 0. The largest absolute Gasteiger partial charge is 0.378 e. The van der Waals surface area contributed by atoms with E-state index in [0.29, 0.717) is 48.7 Å². The molecule has 2 aliphatic rings. The minimum atomic E-state index is -0.510. The molecule has 0 bridgehead atoms. The van der Waals surface area contributed by atoms with Gasteiger partial charge in [-0.15, -0.1) is 0 Å². The standard InChI is InChI=1S/C35H34N4O5/c36-34(41)29-11-9-27(38-13-17-43-18-14-38)21-31(29)23-1-5-25(6-2-23)33(40)26-7-3-24(4-8-26)32-22-28(10-12-30(32)35(37)42)39-15-19-44-20-16-39/h1-12,21-22H,13-20H2,(H2,36,41)(H2,37,42). The first-order chi connectivity index (χ1) is 21.4. The molecule has 0 aliphatic carbocycles. The number of nitrogens with zero attached hydrogens (tertiary/aromatic N) is 2. The summed E-state index contributed by atoms with van der Waals surface area (Å²) in [5.41, 5.74) is 18.3. The third kappa shape index (κ3) is 6.06. The van der Waals surface area contributed by atoms with Gasteiger partial charge in [0.05, 0.1) is 26.4 Å². The van der Waals surface area contributed by atoms with Crippen molar-refractivity contribution in [1.29, 1.82) is 0 Å². The second-order valence-corrected chi connectivity index (χ2v) is 10.9. The Labute approximate surface area is 256 Å². The average Bonchev–Trinajstić information content (AvgIpc) is 3.08. The predicted octanol–water partition coefficient (Wildman–Crippen LogP) is 4.12. The van der Waals surface area contributed by atoms with E-state index in [2.05, 4.69) is 9.80 Å².